The number of rotatable bonds is 11. The fraction of sp³-hybridized carbons (Fsp3) is 0.625. The van der Waals surface area contributed by atoms with E-state index in [9.17, 15) is 14.0 Å². The maximum atomic E-state index is 14.8. The van der Waals surface area contributed by atoms with Crippen molar-refractivity contribution in [2.75, 3.05) is 32.8 Å². The molecule has 2 saturated heterocycles. The van der Waals surface area contributed by atoms with Crippen molar-refractivity contribution in [3.05, 3.63) is 53.6 Å². The quantitative estimate of drug-likeness (QED) is 0.413. The van der Waals surface area contributed by atoms with E-state index in [2.05, 4.69) is 30.0 Å². The van der Waals surface area contributed by atoms with Crippen molar-refractivity contribution in [2.45, 2.75) is 89.3 Å². The van der Waals surface area contributed by atoms with E-state index in [1.54, 1.807) is 0 Å². The summed E-state index contributed by atoms with van der Waals surface area (Å²) in [6.07, 6.45) is 12.0. The molecule has 0 unspecified atom stereocenters. The number of amides is 2. The third-order valence-corrected chi connectivity index (χ3v) is 9.18. The average Bonchev–Trinajstić information content (AvgIpc) is 3.40. The topological polar surface area (TPSA) is 75.9 Å². The number of halogens is 1. The average molecular weight is 540 g/mol. The van der Waals surface area contributed by atoms with Gasteiger partial charge in [0.2, 0.25) is 5.91 Å². The van der Waals surface area contributed by atoms with Crippen LogP contribution in [0.25, 0.3) is 0 Å². The van der Waals surface area contributed by atoms with Crippen molar-refractivity contribution in [2.24, 2.45) is 11.7 Å². The number of likely N-dealkylation sites (tertiary alicyclic amines) is 2. The summed E-state index contributed by atoms with van der Waals surface area (Å²) in [5.41, 5.74) is 5.99. The number of ether oxygens (including phenoxy) is 1. The summed E-state index contributed by atoms with van der Waals surface area (Å²) in [5, 5.41) is 0. The third kappa shape index (κ3) is 7.30. The molecule has 6 nitrogen and oxygen atoms in total. The molecule has 2 atom stereocenters. The summed E-state index contributed by atoms with van der Waals surface area (Å²) in [4.78, 5) is 28.6. The van der Waals surface area contributed by atoms with Gasteiger partial charge in [0.05, 0.1) is 6.61 Å². The van der Waals surface area contributed by atoms with E-state index < -0.39 is 5.67 Å². The Morgan fingerprint density at radius 3 is 2.38 bits per heavy atom. The minimum Gasteiger partial charge on any atom is -0.493 e. The summed E-state index contributed by atoms with van der Waals surface area (Å²) in [6.45, 7) is 9.84. The molecular weight excluding hydrogens is 493 g/mol. The van der Waals surface area contributed by atoms with Gasteiger partial charge < -0.3 is 20.3 Å². The Kier molecular flexibility index (Phi) is 9.52. The molecule has 2 N–H and O–H groups in total. The Morgan fingerprint density at radius 1 is 1.10 bits per heavy atom. The van der Waals surface area contributed by atoms with Gasteiger partial charge in [0.25, 0.3) is 5.91 Å². The number of allylic oxidation sites excluding steroid dienone is 2. The summed E-state index contributed by atoms with van der Waals surface area (Å²) in [5.74, 6) is 0.995. The summed E-state index contributed by atoms with van der Waals surface area (Å²) < 4.78 is 20.9. The van der Waals surface area contributed by atoms with Crippen LogP contribution in [0.2, 0.25) is 0 Å². The second kappa shape index (κ2) is 12.7. The zero-order chi connectivity index (χ0) is 28.0. The number of hydrogen-bond donors (Lipinski definition) is 1. The first kappa shape index (κ1) is 29.3. The second-order valence-corrected chi connectivity index (χ2v) is 12.0. The van der Waals surface area contributed by atoms with E-state index in [0.717, 1.165) is 50.9 Å². The van der Waals surface area contributed by atoms with Crippen LogP contribution in [0.4, 0.5) is 4.39 Å². The van der Waals surface area contributed by atoms with Crippen LogP contribution >= 0.6 is 0 Å². The van der Waals surface area contributed by atoms with Gasteiger partial charge in [-0.3, -0.25) is 9.59 Å². The van der Waals surface area contributed by atoms with Gasteiger partial charge in [-0.15, -0.1) is 0 Å². The molecule has 7 heteroatoms. The predicted octanol–water partition coefficient (Wildman–Crippen LogP) is 5.32. The van der Waals surface area contributed by atoms with Crippen LogP contribution in [-0.4, -0.2) is 66.1 Å². The summed E-state index contributed by atoms with van der Waals surface area (Å²) in [7, 11) is 0. The molecule has 0 bridgehead atoms. The lowest BCUT2D eigenvalue weighted by atomic mass is 9.76. The van der Waals surface area contributed by atoms with Crippen LogP contribution in [0.1, 0.15) is 77.7 Å². The number of primary amides is 1. The van der Waals surface area contributed by atoms with Gasteiger partial charge in [-0.2, -0.15) is 0 Å². The van der Waals surface area contributed by atoms with E-state index in [1.807, 2.05) is 43.0 Å². The number of hydrogen-bond acceptors (Lipinski definition) is 4. The van der Waals surface area contributed by atoms with Gasteiger partial charge in [0.1, 0.15) is 11.4 Å². The summed E-state index contributed by atoms with van der Waals surface area (Å²) in [6, 6.07) is 8.21. The maximum Gasteiger partial charge on any atom is 0.253 e. The number of nitrogens with zero attached hydrogens (tertiary/aromatic N) is 2. The van der Waals surface area contributed by atoms with E-state index in [1.165, 1.54) is 5.56 Å². The molecular formula is C32H46FN3O3. The van der Waals surface area contributed by atoms with Crippen molar-refractivity contribution in [3.63, 3.8) is 0 Å². The van der Waals surface area contributed by atoms with Gasteiger partial charge in [-0.1, -0.05) is 51.1 Å². The Balaban J connectivity index is 1.26. The van der Waals surface area contributed by atoms with E-state index in [-0.39, 0.29) is 29.7 Å². The predicted molar refractivity (Wildman–Crippen MR) is 153 cm³/mol. The molecule has 3 aliphatic rings. The fourth-order valence-electron chi connectivity index (χ4n) is 6.15. The zero-order valence-electron chi connectivity index (χ0n) is 24.0. The lowest BCUT2D eigenvalue weighted by Gasteiger charge is -2.36. The molecule has 2 amide bonds. The highest BCUT2D eigenvalue weighted by molar-refractivity contribution is 5.97. The number of carbonyl (C=O) groups is 2. The number of piperidine rings is 1. The Labute approximate surface area is 233 Å². The molecule has 0 saturated carbocycles. The zero-order valence-corrected chi connectivity index (χ0v) is 24.0. The van der Waals surface area contributed by atoms with Crippen molar-refractivity contribution < 1.29 is 18.7 Å². The van der Waals surface area contributed by atoms with Crippen LogP contribution in [0.15, 0.2) is 48.1 Å². The highest BCUT2D eigenvalue weighted by atomic mass is 19.1. The smallest absolute Gasteiger partial charge is 0.253 e. The van der Waals surface area contributed by atoms with Gasteiger partial charge >= 0.3 is 0 Å². The SMILES string of the molecule is CCC(F)(CC)CN1CCC(COc2ccc([C@]3(C)C=CC(C(=O)N4CCC[C@H]4CC(N)=O)=CC3)cc2)CC1. The molecule has 1 aromatic rings. The fourth-order valence-corrected chi connectivity index (χ4v) is 6.15. The number of benzene rings is 1. The standard InChI is InChI=1S/C32H46FN3O3/c1-4-32(33,5-2)23-35-19-14-24(15-20-35)22-39-28-10-8-26(9-11-28)31(3)16-12-25(13-17-31)30(38)36-18-6-7-27(36)21-29(34)37/h8-13,16,24,27H,4-7,14-15,17-23H2,1-3H3,(H2,34,37)/t27-,31+/m0/s1. The first-order valence-corrected chi connectivity index (χ1v) is 14.8. The Morgan fingerprint density at radius 2 is 1.79 bits per heavy atom. The van der Waals surface area contributed by atoms with E-state index in [4.69, 9.17) is 10.5 Å². The molecule has 2 heterocycles. The molecule has 0 radical (unpaired) electrons. The number of alkyl halides is 1. The normalized spacial score (nSPS) is 24.6. The first-order chi connectivity index (χ1) is 18.6. The van der Waals surface area contributed by atoms with Crippen LogP contribution < -0.4 is 10.5 Å². The van der Waals surface area contributed by atoms with Crippen molar-refractivity contribution in [3.8, 4) is 5.75 Å². The van der Waals surface area contributed by atoms with Gasteiger partial charge in [-0.05, 0) is 81.6 Å². The van der Waals surface area contributed by atoms with Crippen molar-refractivity contribution >= 4 is 11.8 Å². The second-order valence-electron chi connectivity index (χ2n) is 12.0. The van der Waals surface area contributed by atoms with Crippen LogP contribution in [0, 0.1) is 5.92 Å². The molecule has 0 spiro atoms. The molecule has 39 heavy (non-hydrogen) atoms. The van der Waals surface area contributed by atoms with E-state index >= 15 is 0 Å². The molecule has 214 valence electrons. The largest absolute Gasteiger partial charge is 0.493 e. The molecule has 2 aliphatic heterocycles. The van der Waals surface area contributed by atoms with Crippen LogP contribution in [0.5, 0.6) is 5.75 Å². The Bertz CT molecular complexity index is 1060. The highest BCUT2D eigenvalue weighted by Crippen LogP contribution is 2.36. The van der Waals surface area contributed by atoms with E-state index in [0.29, 0.717) is 44.0 Å². The van der Waals surface area contributed by atoms with Crippen molar-refractivity contribution in [1.82, 2.24) is 9.80 Å². The van der Waals surface area contributed by atoms with Gasteiger partial charge in [-0.25, -0.2) is 4.39 Å². The van der Waals surface area contributed by atoms with Crippen molar-refractivity contribution in [1.29, 1.82) is 0 Å². The van der Waals surface area contributed by atoms with Crippen LogP contribution in [-0.2, 0) is 15.0 Å². The van der Waals surface area contributed by atoms with Gasteiger partial charge in [0, 0.05) is 36.5 Å². The minimum absolute atomic E-state index is 0.00798. The lowest BCUT2D eigenvalue weighted by Crippen LogP contribution is -2.44. The minimum atomic E-state index is -1.06. The molecule has 2 fully saturated rings. The third-order valence-electron chi connectivity index (χ3n) is 9.18. The summed E-state index contributed by atoms with van der Waals surface area (Å²) >= 11 is 0. The Hall–Kier alpha value is -2.67. The highest BCUT2D eigenvalue weighted by Gasteiger charge is 2.33. The molecule has 0 aromatic heterocycles. The molecule has 4 rings (SSSR count). The number of carbonyl (C=O) groups excluding carboxylic acids is 2. The lowest BCUT2D eigenvalue weighted by molar-refractivity contribution is -0.128. The monoisotopic (exact) mass is 539 g/mol. The first-order valence-electron chi connectivity index (χ1n) is 14.8. The van der Waals surface area contributed by atoms with Gasteiger partial charge in [0.15, 0.2) is 0 Å². The molecule has 1 aromatic carbocycles. The molecule has 1 aliphatic carbocycles. The number of nitrogens with two attached hydrogens (primary N) is 1. The van der Waals surface area contributed by atoms with Crippen LogP contribution in [0.3, 0.4) is 0 Å². The maximum absolute atomic E-state index is 14.8.